The Morgan fingerprint density at radius 1 is 1.25 bits per heavy atom. The van der Waals surface area contributed by atoms with Crippen LogP contribution in [0.1, 0.15) is 44.1 Å². The Morgan fingerprint density at radius 2 is 2.08 bits per heavy atom. The molecule has 3 N–H and O–H groups in total. The summed E-state index contributed by atoms with van der Waals surface area (Å²) in [6.45, 7) is 1.77. The highest BCUT2D eigenvalue weighted by atomic mass is 32.2. The van der Waals surface area contributed by atoms with Gasteiger partial charge in [0.25, 0.3) is 0 Å². The number of hydrogen-bond donors (Lipinski definition) is 2. The SMILES string of the molecule is N[C@@H]1CCC[C@H]1CC(=O)Nc1cccc(CSC2CCOCC2)c1. The number of nitrogens with one attached hydrogen (secondary N) is 1. The quantitative estimate of drug-likeness (QED) is 0.825. The van der Waals surface area contributed by atoms with Gasteiger partial charge < -0.3 is 15.8 Å². The lowest BCUT2D eigenvalue weighted by Crippen LogP contribution is -2.28. The van der Waals surface area contributed by atoms with Crippen LogP contribution in [0.3, 0.4) is 0 Å². The molecule has 4 nitrogen and oxygen atoms in total. The fourth-order valence-corrected chi connectivity index (χ4v) is 4.70. The molecule has 24 heavy (non-hydrogen) atoms. The van der Waals surface area contributed by atoms with Crippen LogP contribution in [0.25, 0.3) is 0 Å². The predicted molar refractivity (Wildman–Crippen MR) is 100 cm³/mol. The van der Waals surface area contributed by atoms with Crippen molar-refractivity contribution in [1.29, 1.82) is 0 Å². The van der Waals surface area contributed by atoms with Gasteiger partial charge in [-0.1, -0.05) is 18.6 Å². The molecular weight excluding hydrogens is 320 g/mol. The van der Waals surface area contributed by atoms with Gasteiger partial charge in [0.05, 0.1) is 0 Å². The lowest BCUT2D eigenvalue weighted by atomic mass is 10.00. The van der Waals surface area contributed by atoms with Crippen LogP contribution in [-0.2, 0) is 15.3 Å². The Hall–Kier alpha value is -1.04. The maximum atomic E-state index is 12.2. The van der Waals surface area contributed by atoms with Gasteiger partial charge in [0.2, 0.25) is 5.91 Å². The summed E-state index contributed by atoms with van der Waals surface area (Å²) < 4.78 is 5.41. The van der Waals surface area contributed by atoms with Crippen LogP contribution in [0.4, 0.5) is 5.69 Å². The van der Waals surface area contributed by atoms with E-state index in [0.717, 1.165) is 56.8 Å². The van der Waals surface area contributed by atoms with Crippen molar-refractivity contribution in [3.8, 4) is 0 Å². The highest BCUT2D eigenvalue weighted by molar-refractivity contribution is 7.99. The second kappa shape index (κ2) is 8.88. The number of thioether (sulfide) groups is 1. The van der Waals surface area contributed by atoms with E-state index < -0.39 is 0 Å². The second-order valence-electron chi connectivity index (χ2n) is 6.93. The summed E-state index contributed by atoms with van der Waals surface area (Å²) in [5.41, 5.74) is 8.23. The van der Waals surface area contributed by atoms with Crippen molar-refractivity contribution in [2.75, 3.05) is 18.5 Å². The van der Waals surface area contributed by atoms with Gasteiger partial charge in [-0.25, -0.2) is 0 Å². The van der Waals surface area contributed by atoms with E-state index in [-0.39, 0.29) is 11.9 Å². The summed E-state index contributed by atoms with van der Waals surface area (Å²) in [6.07, 6.45) is 6.11. The van der Waals surface area contributed by atoms with E-state index in [1.54, 1.807) is 0 Å². The molecule has 1 amide bonds. The molecule has 5 heteroatoms. The first-order valence-corrected chi connectivity index (χ1v) is 10.1. The van der Waals surface area contributed by atoms with Gasteiger partial charge in [-0.15, -0.1) is 0 Å². The summed E-state index contributed by atoms with van der Waals surface area (Å²) in [5, 5.41) is 3.74. The van der Waals surface area contributed by atoms with E-state index in [4.69, 9.17) is 10.5 Å². The number of carbonyl (C=O) groups excluding carboxylic acids is 1. The topological polar surface area (TPSA) is 64.4 Å². The lowest BCUT2D eigenvalue weighted by molar-refractivity contribution is -0.117. The summed E-state index contributed by atoms with van der Waals surface area (Å²) >= 11 is 2.00. The summed E-state index contributed by atoms with van der Waals surface area (Å²) in [6, 6.07) is 8.41. The van der Waals surface area contributed by atoms with Gasteiger partial charge in [-0.3, -0.25) is 4.79 Å². The first-order valence-electron chi connectivity index (χ1n) is 9.04. The Bertz CT molecular complexity index is 546. The zero-order valence-corrected chi connectivity index (χ0v) is 15.0. The second-order valence-corrected chi connectivity index (χ2v) is 8.22. The fraction of sp³-hybridized carbons (Fsp3) is 0.632. The monoisotopic (exact) mass is 348 g/mol. The fourth-order valence-electron chi connectivity index (χ4n) is 3.56. The van der Waals surface area contributed by atoms with Crippen LogP contribution in [0.15, 0.2) is 24.3 Å². The molecule has 1 aromatic carbocycles. The van der Waals surface area contributed by atoms with Gasteiger partial charge in [0.15, 0.2) is 0 Å². The maximum Gasteiger partial charge on any atom is 0.224 e. The van der Waals surface area contributed by atoms with Gasteiger partial charge in [-0.2, -0.15) is 11.8 Å². The van der Waals surface area contributed by atoms with Crippen LogP contribution in [0, 0.1) is 5.92 Å². The zero-order valence-electron chi connectivity index (χ0n) is 14.2. The van der Waals surface area contributed by atoms with Crippen LogP contribution in [0.2, 0.25) is 0 Å². The highest BCUT2D eigenvalue weighted by Crippen LogP contribution is 2.28. The molecule has 0 unspecified atom stereocenters. The Morgan fingerprint density at radius 3 is 2.83 bits per heavy atom. The smallest absolute Gasteiger partial charge is 0.224 e. The third-order valence-corrected chi connectivity index (χ3v) is 6.47. The molecule has 1 aliphatic carbocycles. The molecule has 2 aliphatic rings. The molecule has 2 fully saturated rings. The Labute approximate surface area is 148 Å². The van der Waals surface area contributed by atoms with Crippen molar-refractivity contribution < 1.29 is 9.53 Å². The highest BCUT2D eigenvalue weighted by Gasteiger charge is 2.26. The predicted octanol–water partition coefficient (Wildman–Crippen LogP) is 3.55. The summed E-state index contributed by atoms with van der Waals surface area (Å²) in [4.78, 5) is 12.2. The van der Waals surface area contributed by atoms with Crippen molar-refractivity contribution in [2.24, 2.45) is 11.7 Å². The van der Waals surface area contributed by atoms with Crippen molar-refractivity contribution >= 4 is 23.4 Å². The lowest BCUT2D eigenvalue weighted by Gasteiger charge is -2.21. The number of nitrogens with two attached hydrogens (primary N) is 1. The summed E-state index contributed by atoms with van der Waals surface area (Å²) in [5.74, 6) is 1.42. The van der Waals surface area contributed by atoms with Gasteiger partial charge in [0.1, 0.15) is 0 Å². The number of amides is 1. The zero-order chi connectivity index (χ0) is 16.8. The molecule has 1 aliphatic heterocycles. The number of ether oxygens (including phenoxy) is 1. The molecule has 0 bridgehead atoms. The van der Waals surface area contributed by atoms with Crippen LogP contribution in [0.5, 0.6) is 0 Å². The van der Waals surface area contributed by atoms with Crippen molar-refractivity contribution in [1.82, 2.24) is 0 Å². The molecule has 1 saturated carbocycles. The number of hydrogen-bond acceptors (Lipinski definition) is 4. The molecule has 2 atom stereocenters. The van der Waals surface area contributed by atoms with E-state index >= 15 is 0 Å². The van der Waals surface area contributed by atoms with Gasteiger partial charge in [-0.05, 0) is 49.3 Å². The largest absolute Gasteiger partial charge is 0.381 e. The molecule has 132 valence electrons. The number of carbonyl (C=O) groups is 1. The van der Waals surface area contributed by atoms with E-state index in [2.05, 4.69) is 17.4 Å². The molecule has 0 aromatic heterocycles. The number of rotatable bonds is 6. The van der Waals surface area contributed by atoms with Crippen molar-refractivity contribution in [2.45, 2.75) is 55.6 Å². The molecule has 1 saturated heterocycles. The first kappa shape index (κ1) is 17.8. The Balaban J connectivity index is 1.48. The van der Waals surface area contributed by atoms with Gasteiger partial charge in [0, 0.05) is 42.4 Å². The van der Waals surface area contributed by atoms with Crippen LogP contribution < -0.4 is 11.1 Å². The minimum absolute atomic E-state index is 0.0894. The van der Waals surface area contributed by atoms with E-state index in [0.29, 0.717) is 17.6 Å². The van der Waals surface area contributed by atoms with E-state index in [9.17, 15) is 4.79 Å². The van der Waals surface area contributed by atoms with Crippen molar-refractivity contribution in [3.63, 3.8) is 0 Å². The molecule has 0 radical (unpaired) electrons. The Kier molecular flexibility index (Phi) is 6.58. The van der Waals surface area contributed by atoms with E-state index in [1.807, 2.05) is 23.9 Å². The number of benzene rings is 1. The molecule has 0 spiro atoms. The van der Waals surface area contributed by atoms with E-state index in [1.165, 1.54) is 5.56 Å². The van der Waals surface area contributed by atoms with Crippen molar-refractivity contribution in [3.05, 3.63) is 29.8 Å². The average Bonchev–Trinajstić information content (AvgIpc) is 2.99. The summed E-state index contributed by atoms with van der Waals surface area (Å²) in [7, 11) is 0. The molecule has 1 aromatic rings. The first-order chi connectivity index (χ1) is 11.7. The van der Waals surface area contributed by atoms with Gasteiger partial charge >= 0.3 is 0 Å². The average molecular weight is 349 g/mol. The minimum atomic E-state index is 0.0894. The molecular formula is C19H28N2O2S. The van der Waals surface area contributed by atoms with Crippen LogP contribution in [-0.4, -0.2) is 30.4 Å². The molecule has 3 rings (SSSR count). The standard InChI is InChI=1S/C19H28N2O2S/c20-18-6-2-4-15(18)12-19(22)21-16-5-1-3-14(11-16)13-24-17-7-9-23-10-8-17/h1,3,5,11,15,17-18H,2,4,6-10,12-13,20H2,(H,21,22)/t15-,18+/m0/s1. The molecule has 1 heterocycles. The third kappa shape index (κ3) is 5.23. The third-order valence-electron chi connectivity index (χ3n) is 5.03. The van der Waals surface area contributed by atoms with Crippen LogP contribution >= 0.6 is 11.8 Å². The maximum absolute atomic E-state index is 12.2. The normalized spacial score (nSPS) is 24.9. The number of anilines is 1. The minimum Gasteiger partial charge on any atom is -0.381 e.